The molecule has 1 atom stereocenters. The molecule has 3 heterocycles. The Morgan fingerprint density at radius 2 is 1.74 bits per heavy atom. The summed E-state index contributed by atoms with van der Waals surface area (Å²) in [5.41, 5.74) is 10.4. The maximum absolute atomic E-state index is 12.7. The van der Waals surface area contributed by atoms with Gasteiger partial charge in [0.15, 0.2) is 0 Å². The number of aromatic nitrogens is 2. The molecular weight excluding hydrogens is 526 g/mol. The number of likely N-dealkylation sites (N-methyl/N-ethyl adjacent to an activating group) is 1. The fourth-order valence-electron chi connectivity index (χ4n) is 7.00. The fraction of sp³-hybridized carbons (Fsp3) is 0.485. The summed E-state index contributed by atoms with van der Waals surface area (Å²) in [5, 5.41) is 3.04. The van der Waals surface area contributed by atoms with Crippen LogP contribution in [0.1, 0.15) is 54.7 Å². The van der Waals surface area contributed by atoms with Crippen molar-refractivity contribution in [3.8, 4) is 5.75 Å². The Bertz CT molecular complexity index is 1370. The highest BCUT2D eigenvalue weighted by molar-refractivity contribution is 5.92. The average molecular weight is 570 g/mol. The number of nitrogen functional groups attached to an aromatic ring is 1. The van der Waals surface area contributed by atoms with Crippen molar-refractivity contribution in [3.05, 3.63) is 71.5 Å². The summed E-state index contributed by atoms with van der Waals surface area (Å²) in [6.45, 7) is 5.49. The highest BCUT2D eigenvalue weighted by Crippen LogP contribution is 2.45. The first kappa shape index (κ1) is 28.4. The largest absolute Gasteiger partial charge is 0.495 e. The number of anilines is 3. The normalized spacial score (nSPS) is 23.0. The Balaban J connectivity index is 1.15. The lowest BCUT2D eigenvalue weighted by Crippen LogP contribution is -2.51. The summed E-state index contributed by atoms with van der Waals surface area (Å²) in [5.74, 6) is 2.15. The molecule has 2 fully saturated rings. The number of carbonyl (C=O) groups excluding carboxylic acids is 1. The smallest absolute Gasteiger partial charge is 0.224 e. The van der Waals surface area contributed by atoms with Gasteiger partial charge in [-0.15, -0.1) is 0 Å². The van der Waals surface area contributed by atoms with Gasteiger partial charge in [-0.25, -0.2) is 9.97 Å². The van der Waals surface area contributed by atoms with Gasteiger partial charge in [0.25, 0.3) is 0 Å². The van der Waals surface area contributed by atoms with Crippen molar-refractivity contribution >= 4 is 23.2 Å². The van der Waals surface area contributed by atoms with E-state index in [0.29, 0.717) is 42.2 Å². The van der Waals surface area contributed by atoms with Gasteiger partial charge in [-0.3, -0.25) is 9.69 Å². The van der Waals surface area contributed by atoms with E-state index >= 15 is 0 Å². The Kier molecular flexibility index (Phi) is 8.58. The summed E-state index contributed by atoms with van der Waals surface area (Å²) in [4.78, 5) is 29.5. The van der Waals surface area contributed by atoms with Crippen molar-refractivity contribution < 1.29 is 9.53 Å². The van der Waals surface area contributed by atoms with E-state index in [9.17, 15) is 4.79 Å². The van der Waals surface area contributed by atoms with Crippen LogP contribution < -0.4 is 20.7 Å². The number of rotatable bonds is 8. The van der Waals surface area contributed by atoms with Gasteiger partial charge >= 0.3 is 0 Å². The monoisotopic (exact) mass is 569 g/mol. The zero-order valence-corrected chi connectivity index (χ0v) is 24.8. The van der Waals surface area contributed by atoms with Crippen molar-refractivity contribution in [2.24, 2.45) is 0 Å². The second-order valence-electron chi connectivity index (χ2n) is 12.0. The molecule has 9 nitrogen and oxygen atoms in total. The number of nitrogens with two attached hydrogens (primary N) is 1. The van der Waals surface area contributed by atoms with E-state index in [1.54, 1.807) is 13.4 Å². The summed E-state index contributed by atoms with van der Waals surface area (Å²) in [6.07, 6.45) is 7.45. The number of carbonyl (C=O) groups is 1. The van der Waals surface area contributed by atoms with Crippen LogP contribution in [0.15, 0.2) is 54.9 Å². The van der Waals surface area contributed by atoms with E-state index in [0.717, 1.165) is 55.0 Å². The van der Waals surface area contributed by atoms with Crippen molar-refractivity contribution in [3.63, 3.8) is 0 Å². The number of nitrogens with zero attached hydrogens (tertiary/aromatic N) is 5. The SMILES string of the molecule is COc1cc(C2CN(C3CCC(N4CCN(C)CC4)CC3)c3ncnc(N)c32)ccc1NC(=O)CCc1ccccc1. The summed E-state index contributed by atoms with van der Waals surface area (Å²) >= 11 is 0. The van der Waals surface area contributed by atoms with E-state index in [4.69, 9.17) is 15.5 Å². The third-order valence-corrected chi connectivity index (χ3v) is 9.44. The highest BCUT2D eigenvalue weighted by Gasteiger charge is 2.39. The molecule has 3 aromatic rings. The molecule has 2 aliphatic heterocycles. The zero-order chi connectivity index (χ0) is 29.1. The van der Waals surface area contributed by atoms with Gasteiger partial charge in [0.1, 0.15) is 23.7 Å². The van der Waals surface area contributed by atoms with Gasteiger partial charge in [0, 0.05) is 62.7 Å². The van der Waals surface area contributed by atoms with Gasteiger partial charge in [-0.1, -0.05) is 36.4 Å². The first-order valence-electron chi connectivity index (χ1n) is 15.3. The molecule has 1 amide bonds. The lowest BCUT2D eigenvalue weighted by Gasteiger charge is -2.43. The molecule has 3 aliphatic rings. The van der Waals surface area contributed by atoms with Crippen LogP contribution >= 0.6 is 0 Å². The molecule has 1 aromatic heterocycles. The predicted octanol–water partition coefficient (Wildman–Crippen LogP) is 4.15. The highest BCUT2D eigenvalue weighted by atomic mass is 16.5. The van der Waals surface area contributed by atoms with Crippen molar-refractivity contribution in [1.29, 1.82) is 0 Å². The summed E-state index contributed by atoms with van der Waals surface area (Å²) in [6, 6.07) is 17.2. The first-order valence-corrected chi connectivity index (χ1v) is 15.3. The van der Waals surface area contributed by atoms with Crippen molar-refractivity contribution in [2.75, 3.05) is 62.8 Å². The molecule has 3 N–H and O–H groups in total. The number of hydrogen-bond acceptors (Lipinski definition) is 8. The lowest BCUT2D eigenvalue weighted by molar-refractivity contribution is -0.116. The molecule has 9 heteroatoms. The Hall–Kier alpha value is -3.69. The topological polar surface area (TPSA) is 99.8 Å². The molecule has 1 saturated carbocycles. The van der Waals surface area contributed by atoms with E-state index in [-0.39, 0.29) is 11.8 Å². The van der Waals surface area contributed by atoms with Crippen LogP contribution in [0, 0.1) is 0 Å². The first-order chi connectivity index (χ1) is 20.5. The fourth-order valence-corrected chi connectivity index (χ4v) is 7.00. The molecule has 0 radical (unpaired) electrons. The Morgan fingerprint density at radius 1 is 1.00 bits per heavy atom. The van der Waals surface area contributed by atoms with Gasteiger partial charge < -0.3 is 25.6 Å². The molecular formula is C33H43N7O2. The van der Waals surface area contributed by atoms with Crippen molar-refractivity contribution in [2.45, 2.75) is 56.5 Å². The standard InChI is InChI=1S/C33H43N7O2/c1-38-16-18-39(19-17-38)25-10-12-26(13-11-25)40-21-27(31-32(34)35-22-36-33(31)40)24-9-14-28(29(20-24)42-2)37-30(41)15-8-23-6-4-3-5-7-23/h3-7,9,14,20,22,25-27H,8,10-13,15-19,21H2,1-2H3,(H,37,41)(H2,34,35,36). The quantitative estimate of drug-likeness (QED) is 0.418. The predicted molar refractivity (Wildman–Crippen MR) is 167 cm³/mol. The minimum Gasteiger partial charge on any atom is -0.495 e. The van der Waals surface area contributed by atoms with Crippen LogP contribution in [0.25, 0.3) is 0 Å². The molecule has 222 valence electrons. The zero-order valence-electron chi connectivity index (χ0n) is 24.8. The molecule has 0 spiro atoms. The number of aryl methyl sites for hydroxylation is 1. The molecule has 1 aliphatic carbocycles. The number of hydrogen-bond donors (Lipinski definition) is 2. The number of benzene rings is 2. The van der Waals surface area contributed by atoms with E-state index in [2.05, 4.69) is 38.1 Å². The number of nitrogens with one attached hydrogen (secondary N) is 1. The molecule has 42 heavy (non-hydrogen) atoms. The van der Waals surface area contributed by atoms with Crippen molar-refractivity contribution in [1.82, 2.24) is 19.8 Å². The minimum atomic E-state index is -0.0351. The third-order valence-electron chi connectivity index (χ3n) is 9.44. The molecule has 1 unspecified atom stereocenters. The Morgan fingerprint density at radius 3 is 2.48 bits per heavy atom. The Labute approximate surface area is 249 Å². The van der Waals surface area contributed by atoms with E-state index < -0.39 is 0 Å². The third kappa shape index (κ3) is 6.08. The molecule has 1 saturated heterocycles. The number of methoxy groups -OCH3 is 1. The average Bonchev–Trinajstić information content (AvgIpc) is 3.42. The second-order valence-corrected chi connectivity index (χ2v) is 12.0. The van der Waals surface area contributed by atoms with Gasteiger partial charge in [-0.2, -0.15) is 0 Å². The maximum Gasteiger partial charge on any atom is 0.224 e. The summed E-state index contributed by atoms with van der Waals surface area (Å²) in [7, 11) is 3.86. The van der Waals surface area contributed by atoms with Crippen LogP contribution in [0.2, 0.25) is 0 Å². The van der Waals surface area contributed by atoms with E-state index in [1.165, 1.54) is 25.9 Å². The van der Waals surface area contributed by atoms with Gasteiger partial charge in [0.05, 0.1) is 12.8 Å². The number of ether oxygens (including phenoxy) is 1. The molecule has 0 bridgehead atoms. The maximum atomic E-state index is 12.7. The van der Waals surface area contributed by atoms with Gasteiger partial charge in [-0.05, 0) is 62.4 Å². The van der Waals surface area contributed by atoms with Crippen LogP contribution in [0.4, 0.5) is 17.3 Å². The van der Waals surface area contributed by atoms with Crippen LogP contribution in [0.3, 0.4) is 0 Å². The molecule has 6 rings (SSSR count). The number of amides is 1. The number of piperazine rings is 1. The van der Waals surface area contributed by atoms with Crippen LogP contribution in [-0.4, -0.2) is 84.6 Å². The van der Waals surface area contributed by atoms with Crippen LogP contribution in [0.5, 0.6) is 5.75 Å². The molecule has 2 aromatic carbocycles. The minimum absolute atomic E-state index is 0.0351. The van der Waals surface area contributed by atoms with E-state index in [1.807, 2.05) is 42.5 Å². The summed E-state index contributed by atoms with van der Waals surface area (Å²) < 4.78 is 5.75. The lowest BCUT2D eigenvalue weighted by atomic mass is 9.88. The second kappa shape index (κ2) is 12.7. The van der Waals surface area contributed by atoms with Gasteiger partial charge in [0.2, 0.25) is 5.91 Å². The van der Waals surface area contributed by atoms with Crippen LogP contribution in [-0.2, 0) is 11.2 Å². The number of fused-ring (bicyclic) bond motifs is 1.